The van der Waals surface area contributed by atoms with Crippen molar-refractivity contribution in [1.29, 1.82) is 0 Å². The van der Waals surface area contributed by atoms with Crippen molar-refractivity contribution >= 4 is 5.91 Å². The summed E-state index contributed by atoms with van der Waals surface area (Å²) in [6, 6.07) is 0.00535. The van der Waals surface area contributed by atoms with Crippen LogP contribution in [0.5, 0.6) is 0 Å². The normalized spacial score (nSPS) is 27.4. The molecule has 0 aromatic rings. The minimum Gasteiger partial charge on any atom is -0.354 e. The van der Waals surface area contributed by atoms with Crippen LogP contribution in [0.2, 0.25) is 0 Å². The number of nitrogens with zero attached hydrogens (tertiary/aromatic N) is 2. The highest BCUT2D eigenvalue weighted by Crippen LogP contribution is 2.14. The summed E-state index contributed by atoms with van der Waals surface area (Å²) in [4.78, 5) is 16.9. The third kappa shape index (κ3) is 4.16. The van der Waals surface area contributed by atoms with Crippen LogP contribution in [0.1, 0.15) is 20.3 Å². The molecule has 0 saturated carbocycles. The molecule has 2 rings (SSSR count). The molecule has 110 valence electrons. The maximum absolute atomic E-state index is 12.2. The van der Waals surface area contributed by atoms with E-state index in [1.165, 1.54) is 13.0 Å². The fourth-order valence-electron chi connectivity index (χ4n) is 2.99. The molecular weight excluding hydrogens is 240 g/mol. The Morgan fingerprint density at radius 2 is 2.11 bits per heavy atom. The minimum atomic E-state index is 0.00535. The van der Waals surface area contributed by atoms with Crippen molar-refractivity contribution in [1.82, 2.24) is 20.4 Å². The molecule has 0 radical (unpaired) electrons. The van der Waals surface area contributed by atoms with Gasteiger partial charge < -0.3 is 15.5 Å². The van der Waals surface area contributed by atoms with Crippen LogP contribution in [0.15, 0.2) is 0 Å². The molecule has 1 amide bonds. The Morgan fingerprint density at radius 3 is 2.74 bits per heavy atom. The number of piperazine rings is 1. The fraction of sp³-hybridized carbons (Fsp3) is 0.929. The molecule has 0 aromatic heterocycles. The Balaban J connectivity index is 1.68. The highest BCUT2D eigenvalue weighted by Gasteiger charge is 2.25. The SMILES string of the molecule is CCN1CCC(CNC(=O)C(C)N2CCNCC2)C1. The van der Waals surface area contributed by atoms with E-state index in [-0.39, 0.29) is 11.9 Å². The van der Waals surface area contributed by atoms with Gasteiger partial charge in [0.25, 0.3) is 0 Å². The van der Waals surface area contributed by atoms with E-state index in [4.69, 9.17) is 0 Å². The van der Waals surface area contributed by atoms with Gasteiger partial charge >= 0.3 is 0 Å². The predicted molar refractivity (Wildman–Crippen MR) is 77.1 cm³/mol. The molecule has 2 N–H and O–H groups in total. The fourth-order valence-corrected chi connectivity index (χ4v) is 2.99. The van der Waals surface area contributed by atoms with Gasteiger partial charge in [0.15, 0.2) is 0 Å². The lowest BCUT2D eigenvalue weighted by Crippen LogP contribution is -2.53. The van der Waals surface area contributed by atoms with E-state index in [9.17, 15) is 4.79 Å². The Kier molecular flexibility index (Phi) is 5.60. The van der Waals surface area contributed by atoms with E-state index in [1.54, 1.807) is 0 Å². The quantitative estimate of drug-likeness (QED) is 0.721. The van der Waals surface area contributed by atoms with E-state index in [1.807, 2.05) is 6.92 Å². The first-order valence-corrected chi connectivity index (χ1v) is 7.65. The average molecular weight is 268 g/mol. The van der Waals surface area contributed by atoms with Crippen LogP contribution in [0.3, 0.4) is 0 Å². The summed E-state index contributed by atoms with van der Waals surface area (Å²) in [6.07, 6.45) is 1.22. The standard InChI is InChI=1S/C14H28N4O/c1-3-17-7-4-13(11-17)10-16-14(19)12(2)18-8-5-15-6-9-18/h12-13,15H,3-11H2,1-2H3,(H,16,19). The van der Waals surface area contributed by atoms with Gasteiger partial charge in [-0.25, -0.2) is 0 Å². The van der Waals surface area contributed by atoms with E-state index in [0.29, 0.717) is 5.92 Å². The van der Waals surface area contributed by atoms with Gasteiger partial charge in [-0.2, -0.15) is 0 Å². The van der Waals surface area contributed by atoms with Crippen molar-refractivity contribution in [3.63, 3.8) is 0 Å². The van der Waals surface area contributed by atoms with Crippen LogP contribution in [0.25, 0.3) is 0 Å². The van der Waals surface area contributed by atoms with Crippen LogP contribution in [-0.4, -0.2) is 74.1 Å². The number of carbonyl (C=O) groups excluding carboxylic acids is 1. The maximum atomic E-state index is 12.2. The molecule has 0 spiro atoms. The van der Waals surface area contributed by atoms with Gasteiger partial charge in [0, 0.05) is 39.3 Å². The van der Waals surface area contributed by atoms with E-state index >= 15 is 0 Å². The molecule has 0 bridgehead atoms. The molecule has 2 aliphatic rings. The first-order chi connectivity index (χ1) is 9.20. The average Bonchev–Trinajstić information content (AvgIpc) is 2.93. The summed E-state index contributed by atoms with van der Waals surface area (Å²) in [5, 5.41) is 6.46. The number of nitrogens with one attached hydrogen (secondary N) is 2. The van der Waals surface area contributed by atoms with Gasteiger partial charge in [-0.3, -0.25) is 9.69 Å². The molecule has 19 heavy (non-hydrogen) atoms. The zero-order valence-electron chi connectivity index (χ0n) is 12.3. The van der Waals surface area contributed by atoms with Gasteiger partial charge in [-0.05, 0) is 32.4 Å². The van der Waals surface area contributed by atoms with Crippen LogP contribution in [0.4, 0.5) is 0 Å². The number of carbonyl (C=O) groups is 1. The molecule has 2 atom stereocenters. The zero-order chi connectivity index (χ0) is 13.7. The Labute approximate surface area is 116 Å². The van der Waals surface area contributed by atoms with Crippen molar-refractivity contribution in [2.45, 2.75) is 26.3 Å². The van der Waals surface area contributed by atoms with Gasteiger partial charge in [0.05, 0.1) is 6.04 Å². The molecule has 2 unspecified atom stereocenters. The van der Waals surface area contributed by atoms with Crippen LogP contribution in [0, 0.1) is 5.92 Å². The van der Waals surface area contributed by atoms with Gasteiger partial charge in [-0.1, -0.05) is 6.92 Å². The molecule has 2 saturated heterocycles. The van der Waals surface area contributed by atoms with Gasteiger partial charge in [0.1, 0.15) is 0 Å². The molecule has 2 heterocycles. The van der Waals surface area contributed by atoms with Crippen LogP contribution >= 0.6 is 0 Å². The summed E-state index contributed by atoms with van der Waals surface area (Å²) in [5.41, 5.74) is 0. The number of hydrogen-bond acceptors (Lipinski definition) is 4. The predicted octanol–water partition coefficient (Wildman–Crippen LogP) is -0.262. The lowest BCUT2D eigenvalue weighted by Gasteiger charge is -2.32. The molecule has 0 aromatic carbocycles. The van der Waals surface area contributed by atoms with Crippen molar-refractivity contribution in [3.05, 3.63) is 0 Å². The molecule has 5 nitrogen and oxygen atoms in total. The highest BCUT2D eigenvalue weighted by molar-refractivity contribution is 5.81. The summed E-state index contributed by atoms with van der Waals surface area (Å²) in [7, 11) is 0. The smallest absolute Gasteiger partial charge is 0.237 e. The summed E-state index contributed by atoms with van der Waals surface area (Å²) in [5.74, 6) is 0.830. The van der Waals surface area contributed by atoms with Crippen molar-refractivity contribution in [3.8, 4) is 0 Å². The Hall–Kier alpha value is -0.650. The number of likely N-dealkylation sites (tertiary alicyclic amines) is 1. The second-order valence-electron chi connectivity index (χ2n) is 5.76. The molecular formula is C14H28N4O. The van der Waals surface area contributed by atoms with Crippen LogP contribution < -0.4 is 10.6 Å². The number of amides is 1. The van der Waals surface area contributed by atoms with E-state index in [2.05, 4.69) is 27.4 Å². The Bertz CT molecular complexity index is 291. The van der Waals surface area contributed by atoms with Crippen molar-refractivity contribution in [2.24, 2.45) is 5.92 Å². The second kappa shape index (κ2) is 7.22. The van der Waals surface area contributed by atoms with Crippen LogP contribution in [-0.2, 0) is 4.79 Å². The summed E-state index contributed by atoms with van der Waals surface area (Å²) >= 11 is 0. The summed E-state index contributed by atoms with van der Waals surface area (Å²) in [6.45, 7) is 12.4. The topological polar surface area (TPSA) is 47.6 Å². The molecule has 2 aliphatic heterocycles. The third-order valence-electron chi connectivity index (χ3n) is 4.46. The highest BCUT2D eigenvalue weighted by atomic mass is 16.2. The van der Waals surface area contributed by atoms with Gasteiger partial charge in [-0.15, -0.1) is 0 Å². The lowest BCUT2D eigenvalue weighted by molar-refractivity contribution is -0.126. The number of hydrogen-bond donors (Lipinski definition) is 2. The van der Waals surface area contributed by atoms with Crippen molar-refractivity contribution in [2.75, 3.05) is 52.4 Å². The first kappa shape index (κ1) is 14.8. The summed E-state index contributed by atoms with van der Waals surface area (Å²) < 4.78 is 0. The number of rotatable bonds is 5. The minimum absolute atomic E-state index is 0.00535. The Morgan fingerprint density at radius 1 is 1.37 bits per heavy atom. The van der Waals surface area contributed by atoms with E-state index in [0.717, 1.165) is 45.8 Å². The lowest BCUT2D eigenvalue weighted by atomic mass is 10.1. The zero-order valence-corrected chi connectivity index (χ0v) is 12.3. The third-order valence-corrected chi connectivity index (χ3v) is 4.46. The monoisotopic (exact) mass is 268 g/mol. The molecule has 5 heteroatoms. The first-order valence-electron chi connectivity index (χ1n) is 7.65. The molecule has 2 fully saturated rings. The molecule has 0 aliphatic carbocycles. The van der Waals surface area contributed by atoms with Gasteiger partial charge in [0.2, 0.25) is 5.91 Å². The largest absolute Gasteiger partial charge is 0.354 e. The second-order valence-corrected chi connectivity index (χ2v) is 5.76. The van der Waals surface area contributed by atoms with Crippen molar-refractivity contribution < 1.29 is 4.79 Å². The maximum Gasteiger partial charge on any atom is 0.237 e. The van der Waals surface area contributed by atoms with E-state index < -0.39 is 0 Å².